The second-order valence-electron chi connectivity index (χ2n) is 7.03. The van der Waals surface area contributed by atoms with Crippen LogP contribution in [0.25, 0.3) is 17.2 Å². The minimum absolute atomic E-state index is 0.149. The summed E-state index contributed by atoms with van der Waals surface area (Å²) in [7, 11) is 1.71. The van der Waals surface area contributed by atoms with Crippen LogP contribution in [0.2, 0.25) is 0 Å². The van der Waals surface area contributed by atoms with Crippen LogP contribution in [-0.4, -0.2) is 70.1 Å². The average molecular weight is 411 g/mol. The Bertz CT molecular complexity index is 1050. The Morgan fingerprint density at radius 1 is 1.30 bits per heavy atom. The standard InChI is InChI=1S/C21H22FN5O3/c1-14-17(20(28)26(2)12-15-13-29-9-10-30-15)11-24-27(14)21-23-8-7-19(25-21)16-5-3-4-6-18(16)22/h3-8,11,15H,9-10,12-13H2,1-2H3/t15-/m1/s1. The molecule has 1 aliphatic rings. The fraction of sp³-hybridized carbons (Fsp3) is 0.333. The zero-order valence-electron chi connectivity index (χ0n) is 16.8. The summed E-state index contributed by atoms with van der Waals surface area (Å²) in [4.78, 5) is 23.2. The number of nitrogens with zero attached hydrogens (tertiary/aromatic N) is 5. The van der Waals surface area contributed by atoms with E-state index in [2.05, 4.69) is 15.1 Å². The molecule has 9 heteroatoms. The third kappa shape index (κ3) is 4.07. The Labute approximate surface area is 173 Å². The van der Waals surface area contributed by atoms with E-state index in [4.69, 9.17) is 9.47 Å². The molecule has 2 aromatic heterocycles. The van der Waals surface area contributed by atoms with Crippen LogP contribution in [-0.2, 0) is 9.47 Å². The van der Waals surface area contributed by atoms with E-state index in [-0.39, 0.29) is 23.8 Å². The molecule has 0 spiro atoms. The molecule has 8 nitrogen and oxygen atoms in total. The largest absolute Gasteiger partial charge is 0.376 e. The summed E-state index contributed by atoms with van der Waals surface area (Å²) in [5, 5.41) is 4.29. The fourth-order valence-electron chi connectivity index (χ4n) is 3.33. The Hall–Kier alpha value is -3.17. The SMILES string of the molecule is Cc1c(C(=O)N(C)C[C@@H]2COCCO2)cnn1-c1nccc(-c2ccccc2F)n1. The zero-order chi connectivity index (χ0) is 21.1. The maximum Gasteiger partial charge on any atom is 0.257 e. The highest BCUT2D eigenvalue weighted by Gasteiger charge is 2.23. The number of amides is 1. The van der Waals surface area contributed by atoms with Gasteiger partial charge >= 0.3 is 0 Å². The minimum atomic E-state index is -0.370. The fourth-order valence-corrected chi connectivity index (χ4v) is 3.33. The van der Waals surface area contributed by atoms with Crippen molar-refractivity contribution in [3.8, 4) is 17.2 Å². The second-order valence-corrected chi connectivity index (χ2v) is 7.03. The number of rotatable bonds is 5. The molecule has 4 rings (SSSR count). The first-order valence-electron chi connectivity index (χ1n) is 9.62. The number of carbonyl (C=O) groups is 1. The van der Waals surface area contributed by atoms with Crippen molar-refractivity contribution in [2.24, 2.45) is 0 Å². The van der Waals surface area contributed by atoms with E-state index in [1.807, 2.05) is 0 Å². The first-order chi connectivity index (χ1) is 14.5. The van der Waals surface area contributed by atoms with E-state index in [1.165, 1.54) is 16.9 Å². The van der Waals surface area contributed by atoms with E-state index in [0.29, 0.717) is 48.9 Å². The van der Waals surface area contributed by atoms with Gasteiger partial charge in [-0.2, -0.15) is 5.10 Å². The molecule has 1 aliphatic heterocycles. The molecule has 1 fully saturated rings. The van der Waals surface area contributed by atoms with Crippen LogP contribution in [0.4, 0.5) is 4.39 Å². The molecule has 0 N–H and O–H groups in total. The number of halogens is 1. The summed E-state index contributed by atoms with van der Waals surface area (Å²) in [5.74, 6) is -0.289. The number of hydrogen-bond donors (Lipinski definition) is 0. The smallest absolute Gasteiger partial charge is 0.257 e. The van der Waals surface area contributed by atoms with Crippen LogP contribution in [0.5, 0.6) is 0 Å². The first kappa shape index (κ1) is 20.1. The molecule has 0 saturated carbocycles. The molecule has 0 radical (unpaired) electrons. The van der Waals surface area contributed by atoms with Crippen LogP contribution < -0.4 is 0 Å². The Kier molecular flexibility index (Phi) is 5.82. The number of benzene rings is 1. The lowest BCUT2D eigenvalue weighted by atomic mass is 10.1. The number of carbonyl (C=O) groups excluding carboxylic acids is 1. The van der Waals surface area contributed by atoms with Crippen LogP contribution in [0, 0.1) is 12.7 Å². The maximum atomic E-state index is 14.1. The van der Waals surface area contributed by atoms with E-state index in [0.717, 1.165) is 0 Å². The molecule has 1 aromatic carbocycles. The molecule has 0 bridgehead atoms. The zero-order valence-corrected chi connectivity index (χ0v) is 16.8. The van der Waals surface area contributed by atoms with E-state index < -0.39 is 0 Å². The molecular formula is C21H22FN5O3. The van der Waals surface area contributed by atoms with Crippen molar-refractivity contribution >= 4 is 5.91 Å². The van der Waals surface area contributed by atoms with E-state index in [1.54, 1.807) is 49.3 Å². The summed E-state index contributed by atoms with van der Waals surface area (Å²) >= 11 is 0. The lowest BCUT2D eigenvalue weighted by molar-refractivity contribution is -0.0933. The number of aromatic nitrogens is 4. The van der Waals surface area contributed by atoms with Gasteiger partial charge in [0.25, 0.3) is 11.9 Å². The predicted molar refractivity (Wildman–Crippen MR) is 107 cm³/mol. The molecule has 156 valence electrons. The van der Waals surface area contributed by atoms with Gasteiger partial charge < -0.3 is 14.4 Å². The van der Waals surface area contributed by atoms with Gasteiger partial charge in [0, 0.05) is 25.4 Å². The molecule has 0 aliphatic carbocycles. The molecule has 0 unspecified atom stereocenters. The van der Waals surface area contributed by atoms with Gasteiger partial charge in [-0.15, -0.1) is 0 Å². The number of likely N-dealkylation sites (N-methyl/N-ethyl adjacent to an activating group) is 1. The van der Waals surface area contributed by atoms with Crippen LogP contribution in [0.3, 0.4) is 0 Å². The lowest BCUT2D eigenvalue weighted by Gasteiger charge is -2.27. The summed E-state index contributed by atoms with van der Waals surface area (Å²) < 4.78 is 26.6. The summed E-state index contributed by atoms with van der Waals surface area (Å²) in [6.07, 6.45) is 2.88. The molecule has 1 saturated heterocycles. The minimum Gasteiger partial charge on any atom is -0.376 e. The Morgan fingerprint density at radius 2 is 2.13 bits per heavy atom. The van der Waals surface area contributed by atoms with Crippen molar-refractivity contribution in [1.29, 1.82) is 0 Å². The highest BCUT2D eigenvalue weighted by Crippen LogP contribution is 2.21. The quantitative estimate of drug-likeness (QED) is 0.641. The van der Waals surface area contributed by atoms with Crippen LogP contribution in [0.1, 0.15) is 16.1 Å². The molecule has 1 amide bonds. The molecule has 3 aromatic rings. The number of ether oxygens (including phenoxy) is 2. The monoisotopic (exact) mass is 411 g/mol. The van der Waals surface area contributed by atoms with Gasteiger partial charge in [0.05, 0.1) is 49.1 Å². The normalized spacial score (nSPS) is 16.4. The summed E-state index contributed by atoms with van der Waals surface area (Å²) in [6.45, 7) is 3.76. The topological polar surface area (TPSA) is 82.4 Å². The van der Waals surface area contributed by atoms with Crippen molar-refractivity contribution in [1.82, 2.24) is 24.6 Å². The second kappa shape index (κ2) is 8.68. The maximum absolute atomic E-state index is 14.1. The predicted octanol–water partition coefficient (Wildman–Crippen LogP) is 2.26. The third-order valence-electron chi connectivity index (χ3n) is 4.93. The van der Waals surface area contributed by atoms with E-state index in [9.17, 15) is 9.18 Å². The van der Waals surface area contributed by atoms with Crippen molar-refractivity contribution in [2.75, 3.05) is 33.4 Å². The van der Waals surface area contributed by atoms with Gasteiger partial charge in [-0.3, -0.25) is 4.79 Å². The Morgan fingerprint density at radius 3 is 2.90 bits per heavy atom. The van der Waals surface area contributed by atoms with Gasteiger partial charge in [-0.05, 0) is 25.1 Å². The van der Waals surface area contributed by atoms with Gasteiger partial charge in [0.1, 0.15) is 5.82 Å². The van der Waals surface area contributed by atoms with Crippen LogP contribution in [0.15, 0.2) is 42.7 Å². The summed E-state index contributed by atoms with van der Waals surface area (Å²) in [6, 6.07) is 8.03. The average Bonchev–Trinajstić information content (AvgIpc) is 3.15. The molecule has 1 atom stereocenters. The van der Waals surface area contributed by atoms with Gasteiger partial charge in [0.2, 0.25) is 0 Å². The Balaban J connectivity index is 1.56. The van der Waals surface area contributed by atoms with E-state index >= 15 is 0 Å². The first-order valence-corrected chi connectivity index (χ1v) is 9.62. The number of hydrogen-bond acceptors (Lipinski definition) is 6. The van der Waals surface area contributed by atoms with Crippen molar-refractivity contribution in [3.05, 3.63) is 59.8 Å². The highest BCUT2D eigenvalue weighted by molar-refractivity contribution is 5.95. The van der Waals surface area contributed by atoms with Gasteiger partial charge in [-0.25, -0.2) is 19.0 Å². The molecular weight excluding hydrogens is 389 g/mol. The molecule has 3 heterocycles. The van der Waals surface area contributed by atoms with Crippen molar-refractivity contribution in [3.63, 3.8) is 0 Å². The van der Waals surface area contributed by atoms with Crippen molar-refractivity contribution in [2.45, 2.75) is 13.0 Å². The highest BCUT2D eigenvalue weighted by atomic mass is 19.1. The summed E-state index contributed by atoms with van der Waals surface area (Å²) in [5.41, 5.74) is 1.84. The van der Waals surface area contributed by atoms with Gasteiger partial charge in [0.15, 0.2) is 0 Å². The van der Waals surface area contributed by atoms with Gasteiger partial charge in [-0.1, -0.05) is 12.1 Å². The molecule has 30 heavy (non-hydrogen) atoms. The van der Waals surface area contributed by atoms with Crippen molar-refractivity contribution < 1.29 is 18.7 Å². The van der Waals surface area contributed by atoms with Crippen LogP contribution >= 0.6 is 0 Å². The third-order valence-corrected chi connectivity index (χ3v) is 4.93. The lowest BCUT2D eigenvalue weighted by Crippen LogP contribution is -2.40.